The number of allylic oxidation sites excluding steroid dienone is 2. The SMILES string of the molecule is C=CCCC(OCc1ccccc1)(C(=O)NN)C(F)(F)F.C=CCCC(OCc1ccccc1)(C(=O)NNC(=O)c1nc(Br)c(C)cc1NC(=O)OC(C)(C)C)C(F)(F)F.Cc1cc(NC(=O)OC(C)(C)C)c(C(=O)O)nc1Br.Cl. The number of anilines is 2. The van der Waals surface area contributed by atoms with Crippen LogP contribution in [0.5, 0.6) is 0 Å². The minimum Gasteiger partial charge on any atom is -0.476 e. The van der Waals surface area contributed by atoms with Gasteiger partial charge < -0.3 is 24.1 Å². The molecule has 19 nitrogen and oxygen atoms in total. The van der Waals surface area contributed by atoms with E-state index < -0.39 is 95.8 Å². The summed E-state index contributed by atoms with van der Waals surface area (Å²) in [4.78, 5) is 80.5. The molecule has 2 unspecified atom stereocenters. The molecule has 0 aliphatic carbocycles. The summed E-state index contributed by atoms with van der Waals surface area (Å²) in [7, 11) is 0. The Labute approximate surface area is 481 Å². The van der Waals surface area contributed by atoms with Crippen LogP contribution < -0.4 is 32.8 Å². The van der Waals surface area contributed by atoms with Crippen LogP contribution in [-0.4, -0.2) is 85.7 Å². The summed E-state index contributed by atoms with van der Waals surface area (Å²) in [5.74, 6) is -0.507. The summed E-state index contributed by atoms with van der Waals surface area (Å²) in [6.07, 6.45) is -10.8. The molecule has 80 heavy (non-hydrogen) atoms. The van der Waals surface area contributed by atoms with Crippen molar-refractivity contribution in [2.75, 3.05) is 10.6 Å². The van der Waals surface area contributed by atoms with E-state index >= 15 is 0 Å². The molecule has 0 bridgehead atoms. The molecule has 0 spiro atoms. The molecule has 0 saturated carbocycles. The number of nitrogens with zero attached hydrogens (tertiary/aromatic N) is 2. The van der Waals surface area contributed by atoms with Gasteiger partial charge in [-0.25, -0.2) is 30.2 Å². The molecule has 8 N–H and O–H groups in total. The Bertz CT molecular complexity index is 2770. The molecule has 0 saturated heterocycles. The number of hydrazine groups is 2. The number of carboxylic acid groups (broad SMARTS) is 1. The zero-order chi connectivity index (χ0) is 60.2. The van der Waals surface area contributed by atoms with Crippen LogP contribution in [-0.2, 0) is 41.8 Å². The summed E-state index contributed by atoms with van der Waals surface area (Å²) in [6, 6.07) is 19.2. The van der Waals surface area contributed by atoms with Crippen molar-refractivity contribution in [1.82, 2.24) is 26.2 Å². The number of carboxylic acids is 1. The van der Waals surface area contributed by atoms with E-state index in [1.54, 1.807) is 116 Å². The maximum absolute atomic E-state index is 14.3. The molecule has 28 heteroatoms. The van der Waals surface area contributed by atoms with E-state index in [4.69, 9.17) is 29.9 Å². The van der Waals surface area contributed by atoms with E-state index in [-0.39, 0.29) is 53.5 Å². The van der Waals surface area contributed by atoms with Gasteiger partial charge in [0.25, 0.3) is 17.7 Å². The average molecular weight is 1290 g/mol. The molecule has 2 atom stereocenters. The maximum atomic E-state index is 14.3. The minimum absolute atomic E-state index is 0. The van der Waals surface area contributed by atoms with Crippen molar-refractivity contribution in [3.8, 4) is 0 Å². The average Bonchev–Trinajstić information content (AvgIpc) is 3.34. The minimum atomic E-state index is -5.14. The molecule has 0 radical (unpaired) electrons. The van der Waals surface area contributed by atoms with E-state index in [1.165, 1.54) is 29.7 Å². The number of nitrogens with one attached hydrogen (secondary N) is 5. The number of aromatic nitrogens is 2. The Morgan fingerprint density at radius 2 is 0.988 bits per heavy atom. The molecule has 440 valence electrons. The lowest BCUT2D eigenvalue weighted by molar-refractivity contribution is -0.273. The van der Waals surface area contributed by atoms with Gasteiger partial charge in [-0.2, -0.15) is 26.3 Å². The lowest BCUT2D eigenvalue weighted by Gasteiger charge is -2.34. The molecule has 2 aromatic carbocycles. The standard InChI is InChI=1S/C26H30BrF3N4O5.C14H17F3N2O2.C12H15BrN2O4.ClH/c1-6-7-13-25(26(28,29)30,38-15-17-11-9-8-10-12-17)22(36)34-33-21(35)19-18(14-16(2)20(27)32-19)31-23(37)39-24(3,4)5;1-2-3-9-13(12(20)19-18,14(15,16)17)21-10-11-7-5-4-6-8-11;1-6-5-7(8(10(16)17)15-9(6)13)14-11(18)19-12(2,3)4;/h6,8-12,14H,1,7,13,15H2,2-5H3,(H,31,37)(H,33,35)(H,34,36);2,4-8H,1,3,9-10,18H2,(H,19,20);5H,1-4H3,(H,14,18)(H,16,17);1H. The largest absolute Gasteiger partial charge is 0.476 e. The third-order valence-electron chi connectivity index (χ3n) is 10.1. The van der Waals surface area contributed by atoms with Crippen LogP contribution in [0.3, 0.4) is 0 Å². The van der Waals surface area contributed by atoms with Gasteiger partial charge >= 0.3 is 30.5 Å². The van der Waals surface area contributed by atoms with Gasteiger partial charge in [0.1, 0.15) is 20.4 Å². The molecular formula is C52H63Br2ClF6N8O11. The number of pyridine rings is 2. The summed E-state index contributed by atoms with van der Waals surface area (Å²) >= 11 is 6.32. The normalized spacial score (nSPS) is 12.8. The number of alkyl halides is 6. The Morgan fingerprint density at radius 3 is 1.32 bits per heavy atom. The summed E-state index contributed by atoms with van der Waals surface area (Å²) in [6.45, 7) is 19.4. The number of carbonyl (C=O) groups excluding carboxylic acids is 5. The van der Waals surface area contributed by atoms with Crippen LogP contribution in [0.4, 0.5) is 47.3 Å². The van der Waals surface area contributed by atoms with Crippen molar-refractivity contribution in [1.29, 1.82) is 0 Å². The molecule has 0 aliphatic rings. The summed E-state index contributed by atoms with van der Waals surface area (Å²) in [5.41, 5.74) is -0.972. The Kier molecular flexibility index (Phi) is 28.0. The van der Waals surface area contributed by atoms with E-state index in [0.29, 0.717) is 26.9 Å². The molecule has 0 fully saturated rings. The van der Waals surface area contributed by atoms with E-state index in [1.807, 2.05) is 10.9 Å². The number of hydrogen-bond acceptors (Lipinski definition) is 13. The van der Waals surface area contributed by atoms with Crippen LogP contribution in [0.15, 0.2) is 107 Å². The Hall–Kier alpha value is -6.65. The predicted octanol–water partition coefficient (Wildman–Crippen LogP) is 11.8. The Balaban J connectivity index is 0.000000657. The fourth-order valence-corrected chi connectivity index (χ4v) is 6.89. The Morgan fingerprint density at radius 1 is 0.625 bits per heavy atom. The molecular weight excluding hydrogens is 1220 g/mol. The quantitative estimate of drug-likeness (QED) is 0.0122. The van der Waals surface area contributed by atoms with Crippen LogP contribution in [0.25, 0.3) is 0 Å². The van der Waals surface area contributed by atoms with Crippen LogP contribution >= 0.6 is 44.3 Å². The first-order chi connectivity index (χ1) is 36.6. The fraction of sp³-hybridized carbons (Fsp3) is 0.385. The second-order valence-corrected chi connectivity index (χ2v) is 20.3. The predicted molar refractivity (Wildman–Crippen MR) is 294 cm³/mol. The fourth-order valence-electron chi connectivity index (χ4n) is 6.31. The lowest BCUT2D eigenvalue weighted by Crippen LogP contribution is -2.61. The second-order valence-electron chi connectivity index (χ2n) is 18.8. The highest BCUT2D eigenvalue weighted by Crippen LogP contribution is 2.40. The number of aryl methyl sites for hydroxylation is 2. The van der Waals surface area contributed by atoms with Crippen molar-refractivity contribution in [3.63, 3.8) is 0 Å². The van der Waals surface area contributed by atoms with Gasteiger partial charge in [0.15, 0.2) is 11.4 Å². The van der Waals surface area contributed by atoms with Crippen molar-refractivity contribution in [3.05, 3.63) is 141 Å². The first-order valence-electron chi connectivity index (χ1n) is 23.5. The van der Waals surface area contributed by atoms with Crippen LogP contribution in [0.2, 0.25) is 0 Å². The number of amides is 5. The van der Waals surface area contributed by atoms with Gasteiger partial charge in [-0.1, -0.05) is 72.8 Å². The molecule has 4 rings (SSSR count). The number of nitrogens with two attached hydrogens (primary N) is 1. The van der Waals surface area contributed by atoms with Crippen LogP contribution in [0, 0.1) is 13.8 Å². The molecule has 4 aromatic rings. The lowest BCUT2D eigenvalue weighted by atomic mass is 9.95. The highest BCUT2D eigenvalue weighted by Gasteiger charge is 2.62. The number of aromatic carboxylic acids is 1. The number of rotatable bonds is 18. The van der Waals surface area contributed by atoms with E-state index in [2.05, 4.69) is 65.6 Å². The highest BCUT2D eigenvalue weighted by molar-refractivity contribution is 9.10. The zero-order valence-corrected chi connectivity index (χ0v) is 48.7. The zero-order valence-electron chi connectivity index (χ0n) is 44.7. The first kappa shape index (κ1) is 71.4. The number of benzene rings is 2. The van der Waals surface area contributed by atoms with Crippen LogP contribution in [0.1, 0.15) is 110 Å². The smallest absolute Gasteiger partial charge is 0.426 e. The van der Waals surface area contributed by atoms with E-state index in [9.17, 15) is 55.1 Å². The van der Waals surface area contributed by atoms with Crippen molar-refractivity contribution >= 4 is 91.5 Å². The summed E-state index contributed by atoms with van der Waals surface area (Å²) < 4.78 is 104. The van der Waals surface area contributed by atoms with Gasteiger partial charge in [0.05, 0.1) is 24.6 Å². The number of halogens is 9. The molecule has 2 heterocycles. The van der Waals surface area contributed by atoms with Crippen molar-refractivity contribution in [2.45, 2.75) is 129 Å². The topological polar surface area (TPSA) is 272 Å². The number of hydrogen-bond donors (Lipinski definition) is 7. The third kappa shape index (κ3) is 22.1. The maximum Gasteiger partial charge on any atom is 0.426 e. The van der Waals surface area contributed by atoms with Gasteiger partial charge in [0, 0.05) is 0 Å². The molecule has 5 amide bonds. The van der Waals surface area contributed by atoms with Gasteiger partial charge in [-0.15, -0.1) is 25.6 Å². The van der Waals surface area contributed by atoms with E-state index in [0.717, 1.165) is 0 Å². The highest BCUT2D eigenvalue weighted by atomic mass is 79.9. The van der Waals surface area contributed by atoms with Gasteiger partial charge in [-0.05, 0) is 147 Å². The monoisotopic (exact) mass is 1280 g/mol. The number of ether oxygens (including phenoxy) is 4. The molecule has 0 aliphatic heterocycles. The van der Waals surface area contributed by atoms with Gasteiger partial charge in [-0.3, -0.25) is 41.3 Å². The first-order valence-corrected chi connectivity index (χ1v) is 25.1. The second kappa shape index (κ2) is 31.4. The number of carbonyl (C=O) groups is 6. The molecule has 2 aromatic heterocycles. The van der Waals surface area contributed by atoms with Gasteiger partial charge in [0.2, 0.25) is 11.2 Å². The van der Waals surface area contributed by atoms with Crippen molar-refractivity contribution in [2.24, 2.45) is 5.84 Å². The third-order valence-corrected chi connectivity index (χ3v) is 11.7. The summed E-state index contributed by atoms with van der Waals surface area (Å²) in [5, 5.41) is 13.8. The van der Waals surface area contributed by atoms with Crippen molar-refractivity contribution < 1.29 is 79.2 Å².